The maximum absolute atomic E-state index is 12.7. The number of nitrogen functional groups attached to an aromatic ring is 1. The standard InChI is InChI=1S/C19H22N2OS.ClH/c1-13-8-9-18(14(2)11-13)23-12-19(22)21-10-4-5-15-16(20)6-3-7-17(15)21;/h3,6-9,11H,4-5,10,12,20H2,1-2H3;1H. The van der Waals surface area contributed by atoms with Crippen LogP contribution in [0.4, 0.5) is 11.4 Å². The summed E-state index contributed by atoms with van der Waals surface area (Å²) in [5.41, 5.74) is 11.4. The number of aryl methyl sites for hydroxylation is 2. The first-order valence-electron chi connectivity index (χ1n) is 7.94. The zero-order chi connectivity index (χ0) is 16.4. The SMILES string of the molecule is Cc1ccc(SCC(=O)N2CCCc3c(N)cccc32)c(C)c1.Cl. The topological polar surface area (TPSA) is 46.3 Å². The minimum absolute atomic E-state index is 0. The van der Waals surface area contributed by atoms with E-state index in [1.807, 2.05) is 23.1 Å². The predicted octanol–water partition coefficient (Wildman–Crippen LogP) is 4.38. The van der Waals surface area contributed by atoms with Gasteiger partial charge in [-0.1, -0.05) is 23.8 Å². The van der Waals surface area contributed by atoms with Crippen LogP contribution in [0.3, 0.4) is 0 Å². The highest BCUT2D eigenvalue weighted by molar-refractivity contribution is 8.00. The molecule has 1 aliphatic heterocycles. The molecule has 0 bridgehead atoms. The number of carbonyl (C=O) groups excluding carboxylic acids is 1. The lowest BCUT2D eigenvalue weighted by Crippen LogP contribution is -2.36. The largest absolute Gasteiger partial charge is 0.398 e. The van der Waals surface area contributed by atoms with Crippen molar-refractivity contribution < 1.29 is 4.79 Å². The molecule has 24 heavy (non-hydrogen) atoms. The van der Waals surface area contributed by atoms with Crippen LogP contribution in [-0.2, 0) is 11.2 Å². The molecule has 0 radical (unpaired) electrons. The number of anilines is 2. The summed E-state index contributed by atoms with van der Waals surface area (Å²) in [5.74, 6) is 0.611. The number of nitrogens with two attached hydrogens (primary N) is 1. The van der Waals surface area contributed by atoms with Crippen molar-refractivity contribution in [2.24, 2.45) is 0 Å². The highest BCUT2D eigenvalue weighted by Crippen LogP contribution is 2.32. The normalized spacial score (nSPS) is 13.2. The second-order valence-corrected chi connectivity index (χ2v) is 7.07. The van der Waals surface area contributed by atoms with E-state index in [1.165, 1.54) is 16.0 Å². The Hall–Kier alpha value is -1.65. The monoisotopic (exact) mass is 362 g/mol. The summed E-state index contributed by atoms with van der Waals surface area (Å²) in [7, 11) is 0. The first kappa shape index (κ1) is 18.7. The first-order valence-corrected chi connectivity index (χ1v) is 8.92. The van der Waals surface area contributed by atoms with Crippen molar-refractivity contribution >= 4 is 41.5 Å². The third kappa shape index (κ3) is 3.87. The lowest BCUT2D eigenvalue weighted by Gasteiger charge is -2.30. The Balaban J connectivity index is 0.00000208. The van der Waals surface area contributed by atoms with Crippen LogP contribution in [0.25, 0.3) is 0 Å². The third-order valence-corrected chi connectivity index (χ3v) is 5.43. The second kappa shape index (κ2) is 7.95. The smallest absolute Gasteiger partial charge is 0.237 e. The summed E-state index contributed by atoms with van der Waals surface area (Å²) in [5, 5.41) is 0. The van der Waals surface area contributed by atoms with E-state index >= 15 is 0 Å². The van der Waals surface area contributed by atoms with Gasteiger partial charge < -0.3 is 10.6 Å². The van der Waals surface area contributed by atoms with Gasteiger partial charge in [-0.05, 0) is 56.0 Å². The molecule has 0 unspecified atom stereocenters. The molecule has 1 aliphatic rings. The van der Waals surface area contributed by atoms with Gasteiger partial charge in [0.1, 0.15) is 0 Å². The van der Waals surface area contributed by atoms with E-state index in [0.29, 0.717) is 5.75 Å². The summed E-state index contributed by atoms with van der Waals surface area (Å²) in [4.78, 5) is 15.8. The number of nitrogens with zero attached hydrogens (tertiary/aromatic N) is 1. The zero-order valence-corrected chi connectivity index (χ0v) is 15.7. The van der Waals surface area contributed by atoms with Crippen LogP contribution >= 0.6 is 24.2 Å². The summed E-state index contributed by atoms with van der Waals surface area (Å²) in [6.45, 7) is 4.96. The van der Waals surface area contributed by atoms with Crippen LogP contribution in [0.2, 0.25) is 0 Å². The van der Waals surface area contributed by atoms with Crippen LogP contribution in [0.5, 0.6) is 0 Å². The molecule has 2 aromatic carbocycles. The number of hydrogen-bond donors (Lipinski definition) is 1. The first-order chi connectivity index (χ1) is 11.1. The number of rotatable bonds is 3. The molecule has 0 spiro atoms. The van der Waals surface area contributed by atoms with Crippen molar-refractivity contribution in [3.63, 3.8) is 0 Å². The number of thioether (sulfide) groups is 1. The number of fused-ring (bicyclic) bond motifs is 1. The molecule has 1 amide bonds. The van der Waals surface area contributed by atoms with Crippen molar-refractivity contribution in [2.45, 2.75) is 31.6 Å². The average molecular weight is 363 g/mol. The molecule has 2 N–H and O–H groups in total. The van der Waals surface area contributed by atoms with Crippen molar-refractivity contribution in [1.29, 1.82) is 0 Å². The maximum atomic E-state index is 12.7. The van der Waals surface area contributed by atoms with Crippen LogP contribution in [0.15, 0.2) is 41.3 Å². The van der Waals surface area contributed by atoms with Crippen LogP contribution in [0.1, 0.15) is 23.1 Å². The summed E-state index contributed by atoms with van der Waals surface area (Å²) >= 11 is 1.61. The van der Waals surface area contributed by atoms with Crippen molar-refractivity contribution in [3.05, 3.63) is 53.1 Å². The van der Waals surface area contributed by atoms with Crippen molar-refractivity contribution in [1.82, 2.24) is 0 Å². The molecule has 3 nitrogen and oxygen atoms in total. The molecule has 0 saturated carbocycles. The predicted molar refractivity (Wildman–Crippen MR) is 105 cm³/mol. The van der Waals surface area contributed by atoms with Crippen LogP contribution in [-0.4, -0.2) is 18.2 Å². The fraction of sp³-hybridized carbons (Fsp3) is 0.316. The minimum atomic E-state index is 0. The molecule has 5 heteroatoms. The van der Waals surface area contributed by atoms with Crippen molar-refractivity contribution in [3.8, 4) is 0 Å². The molecule has 0 aromatic heterocycles. The third-order valence-electron chi connectivity index (χ3n) is 4.27. The van der Waals surface area contributed by atoms with Crippen LogP contribution in [0, 0.1) is 13.8 Å². The molecular formula is C19H23ClN2OS. The zero-order valence-electron chi connectivity index (χ0n) is 14.0. The van der Waals surface area contributed by atoms with Gasteiger partial charge in [-0.2, -0.15) is 0 Å². The van der Waals surface area contributed by atoms with Gasteiger partial charge in [-0.3, -0.25) is 4.79 Å². The lowest BCUT2D eigenvalue weighted by atomic mass is 10.00. The number of carbonyl (C=O) groups is 1. The molecular weight excluding hydrogens is 340 g/mol. The Morgan fingerprint density at radius 3 is 2.79 bits per heavy atom. The lowest BCUT2D eigenvalue weighted by molar-refractivity contribution is -0.116. The van der Waals surface area contributed by atoms with Gasteiger partial charge in [-0.25, -0.2) is 0 Å². The molecule has 1 heterocycles. The average Bonchev–Trinajstić information content (AvgIpc) is 2.54. The molecule has 0 saturated heterocycles. The Bertz CT molecular complexity index is 748. The highest BCUT2D eigenvalue weighted by atomic mass is 35.5. The summed E-state index contributed by atoms with van der Waals surface area (Å²) in [6, 6.07) is 12.2. The highest BCUT2D eigenvalue weighted by Gasteiger charge is 2.23. The number of hydrogen-bond acceptors (Lipinski definition) is 3. The van der Waals surface area contributed by atoms with Gasteiger partial charge in [-0.15, -0.1) is 24.2 Å². The Morgan fingerprint density at radius 1 is 1.25 bits per heavy atom. The molecule has 0 atom stereocenters. The maximum Gasteiger partial charge on any atom is 0.237 e. The Morgan fingerprint density at radius 2 is 2.04 bits per heavy atom. The summed E-state index contributed by atoms with van der Waals surface area (Å²) in [6.07, 6.45) is 1.93. The molecule has 0 aliphatic carbocycles. The van der Waals surface area contributed by atoms with E-state index in [2.05, 4.69) is 32.0 Å². The second-order valence-electron chi connectivity index (χ2n) is 6.05. The Labute approximate surface area is 154 Å². The van der Waals surface area contributed by atoms with Crippen molar-refractivity contribution in [2.75, 3.05) is 22.9 Å². The molecule has 0 fully saturated rings. The molecule has 3 rings (SSSR count). The van der Waals surface area contributed by atoms with E-state index in [1.54, 1.807) is 11.8 Å². The van der Waals surface area contributed by atoms with E-state index in [4.69, 9.17) is 5.73 Å². The van der Waals surface area contributed by atoms with Gasteiger partial charge >= 0.3 is 0 Å². The van der Waals surface area contributed by atoms with Gasteiger partial charge in [0, 0.05) is 22.8 Å². The number of benzene rings is 2. The van der Waals surface area contributed by atoms with Gasteiger partial charge in [0.25, 0.3) is 0 Å². The molecule has 128 valence electrons. The van der Waals surface area contributed by atoms with Gasteiger partial charge in [0.15, 0.2) is 0 Å². The van der Waals surface area contributed by atoms with E-state index < -0.39 is 0 Å². The fourth-order valence-electron chi connectivity index (χ4n) is 3.09. The van der Waals surface area contributed by atoms with Gasteiger partial charge in [0.2, 0.25) is 5.91 Å². The minimum Gasteiger partial charge on any atom is -0.398 e. The van der Waals surface area contributed by atoms with E-state index in [9.17, 15) is 4.79 Å². The number of amides is 1. The number of halogens is 1. The summed E-state index contributed by atoms with van der Waals surface area (Å²) < 4.78 is 0. The quantitative estimate of drug-likeness (QED) is 0.651. The Kier molecular flexibility index (Phi) is 6.19. The fourth-order valence-corrected chi connectivity index (χ4v) is 3.98. The van der Waals surface area contributed by atoms with Gasteiger partial charge in [0.05, 0.1) is 5.75 Å². The van der Waals surface area contributed by atoms with E-state index in [-0.39, 0.29) is 18.3 Å². The van der Waals surface area contributed by atoms with Crippen LogP contribution < -0.4 is 10.6 Å². The molecule has 2 aromatic rings. The van der Waals surface area contributed by atoms with E-state index in [0.717, 1.165) is 36.3 Å².